The topological polar surface area (TPSA) is 118 Å². The number of carbonyl (C=O) groups excluding carboxylic acids is 1. The van der Waals surface area contributed by atoms with E-state index in [1.165, 1.54) is 0 Å². The molecule has 0 spiro atoms. The van der Waals surface area contributed by atoms with E-state index in [-0.39, 0.29) is 6.54 Å². The summed E-state index contributed by atoms with van der Waals surface area (Å²) in [5, 5.41) is 2.27. The molecule has 1 rings (SSSR count). The highest BCUT2D eigenvalue weighted by atomic mass is 35.7. The Balaban J connectivity index is 3.17. The predicted octanol–water partition coefficient (Wildman–Crippen LogP) is -1.79. The van der Waals surface area contributed by atoms with Crippen molar-refractivity contribution in [1.82, 2.24) is 14.9 Å². The van der Waals surface area contributed by atoms with Gasteiger partial charge in [-0.25, -0.2) is 13.2 Å². The number of aromatic nitrogens is 2. The first-order chi connectivity index (χ1) is 8.75. The summed E-state index contributed by atoms with van der Waals surface area (Å²) in [5.74, 6) is 1.53. The maximum atomic E-state index is 11.4. The Morgan fingerprint density at radius 1 is 1.53 bits per heavy atom. The average molecular weight is 306 g/mol. The largest absolute Gasteiger partial charge is 0.344 e. The van der Waals surface area contributed by atoms with E-state index in [0.717, 1.165) is 0 Å². The molecule has 8 nitrogen and oxygen atoms in total. The number of carbonyl (C=O) groups is 1. The van der Waals surface area contributed by atoms with Crippen LogP contribution in [0.2, 0.25) is 0 Å². The maximum absolute atomic E-state index is 11.4. The fourth-order valence-corrected chi connectivity index (χ4v) is 2.00. The Morgan fingerprint density at radius 3 is 2.68 bits per heavy atom. The number of hydrogen-bond acceptors (Lipinski definition) is 5. The molecule has 19 heavy (non-hydrogen) atoms. The van der Waals surface area contributed by atoms with E-state index in [1.54, 1.807) is 4.98 Å². The van der Waals surface area contributed by atoms with Crippen LogP contribution in [0.1, 0.15) is 0 Å². The van der Waals surface area contributed by atoms with Gasteiger partial charge in [0.25, 0.3) is 14.6 Å². The van der Waals surface area contributed by atoms with Crippen molar-refractivity contribution in [3.05, 3.63) is 27.0 Å². The van der Waals surface area contributed by atoms with Crippen molar-refractivity contribution >= 4 is 25.6 Å². The lowest BCUT2D eigenvalue weighted by molar-refractivity contribution is -0.121. The van der Waals surface area contributed by atoms with E-state index in [9.17, 15) is 22.8 Å². The second-order valence-electron chi connectivity index (χ2n) is 3.30. The predicted molar refractivity (Wildman–Crippen MR) is 66.2 cm³/mol. The zero-order chi connectivity index (χ0) is 14.6. The van der Waals surface area contributed by atoms with Crippen molar-refractivity contribution in [2.75, 3.05) is 6.54 Å². The Morgan fingerprint density at radius 2 is 2.16 bits per heavy atom. The summed E-state index contributed by atoms with van der Waals surface area (Å²) in [6, 6.07) is 0. The van der Waals surface area contributed by atoms with Gasteiger partial charge in [-0.15, -0.1) is 6.42 Å². The molecule has 0 bridgehead atoms. The lowest BCUT2D eigenvalue weighted by Gasteiger charge is -2.05. The first-order valence-electron chi connectivity index (χ1n) is 4.74. The van der Waals surface area contributed by atoms with E-state index >= 15 is 0 Å². The fraction of sp³-hybridized carbons (Fsp3) is 0.222. The molecule has 0 aliphatic rings. The van der Waals surface area contributed by atoms with Crippen molar-refractivity contribution < 1.29 is 13.2 Å². The van der Waals surface area contributed by atoms with Crippen LogP contribution in [0.3, 0.4) is 0 Å². The first-order valence-corrected chi connectivity index (χ1v) is 7.05. The third-order valence-corrected chi connectivity index (χ3v) is 3.26. The molecular formula is C9H8ClN3O5S. The molecule has 1 aromatic heterocycles. The van der Waals surface area contributed by atoms with Crippen LogP contribution < -0.4 is 16.6 Å². The number of nitrogens with zero attached hydrogens (tertiary/aromatic N) is 1. The van der Waals surface area contributed by atoms with Crippen molar-refractivity contribution in [1.29, 1.82) is 0 Å². The molecule has 1 heterocycles. The van der Waals surface area contributed by atoms with Gasteiger partial charge in [0, 0.05) is 16.9 Å². The van der Waals surface area contributed by atoms with Gasteiger partial charge >= 0.3 is 5.69 Å². The molecule has 1 amide bonds. The number of halogens is 1. The molecule has 0 unspecified atom stereocenters. The highest BCUT2D eigenvalue weighted by Gasteiger charge is 2.18. The van der Waals surface area contributed by atoms with Crippen molar-refractivity contribution in [2.24, 2.45) is 0 Å². The SMILES string of the molecule is C#CCNC(=O)Cn1cc(S(=O)(=O)Cl)c(=O)[nH]c1=O. The minimum absolute atomic E-state index is 0.0440. The molecule has 2 N–H and O–H groups in total. The summed E-state index contributed by atoms with van der Waals surface area (Å²) >= 11 is 0. The Kier molecular flexibility index (Phi) is 4.52. The third-order valence-electron chi connectivity index (χ3n) is 1.94. The number of rotatable bonds is 4. The summed E-state index contributed by atoms with van der Waals surface area (Å²) in [4.78, 5) is 34.9. The molecule has 0 saturated carbocycles. The minimum Gasteiger partial charge on any atom is -0.344 e. The second kappa shape index (κ2) is 5.73. The van der Waals surface area contributed by atoms with Gasteiger partial charge in [-0.05, 0) is 0 Å². The smallest absolute Gasteiger partial charge is 0.328 e. The number of nitrogens with one attached hydrogen (secondary N) is 2. The fourth-order valence-electron chi connectivity index (χ4n) is 1.14. The van der Waals surface area contributed by atoms with Gasteiger partial charge < -0.3 is 5.32 Å². The molecule has 0 atom stereocenters. The number of aromatic amines is 1. The van der Waals surface area contributed by atoms with Gasteiger partial charge in [0.15, 0.2) is 4.90 Å². The van der Waals surface area contributed by atoms with Crippen molar-refractivity contribution in [2.45, 2.75) is 11.4 Å². The monoisotopic (exact) mass is 305 g/mol. The third kappa shape index (κ3) is 3.97. The standard InChI is InChI=1S/C9H8ClN3O5S/c1-2-3-11-7(14)5-13-4-6(19(10,17)18)8(15)12-9(13)16/h1,4H,3,5H2,(H,11,14)(H,12,15,16). The molecule has 102 valence electrons. The second-order valence-corrected chi connectivity index (χ2v) is 5.83. The highest BCUT2D eigenvalue weighted by molar-refractivity contribution is 8.13. The van der Waals surface area contributed by atoms with Gasteiger partial charge in [-0.2, -0.15) is 0 Å². The van der Waals surface area contributed by atoms with Crippen molar-refractivity contribution in [3.63, 3.8) is 0 Å². The van der Waals surface area contributed by atoms with Crippen molar-refractivity contribution in [3.8, 4) is 12.3 Å². The van der Waals surface area contributed by atoms with E-state index < -0.39 is 37.6 Å². The van der Waals surface area contributed by atoms with E-state index in [4.69, 9.17) is 17.1 Å². The van der Waals surface area contributed by atoms with Crippen LogP contribution in [0, 0.1) is 12.3 Å². The van der Waals surface area contributed by atoms with E-state index in [0.29, 0.717) is 10.8 Å². The number of terminal acetylenes is 1. The summed E-state index contributed by atoms with van der Waals surface area (Å²) in [6.45, 7) is -0.547. The van der Waals surface area contributed by atoms with Gasteiger partial charge in [-0.1, -0.05) is 5.92 Å². The lowest BCUT2D eigenvalue weighted by Crippen LogP contribution is -2.37. The zero-order valence-corrected chi connectivity index (χ0v) is 10.9. The quantitative estimate of drug-likeness (QED) is 0.503. The van der Waals surface area contributed by atoms with Gasteiger partial charge in [0.1, 0.15) is 6.54 Å². The summed E-state index contributed by atoms with van der Waals surface area (Å²) < 4.78 is 22.9. The van der Waals surface area contributed by atoms with Crippen LogP contribution in [-0.2, 0) is 20.4 Å². The Bertz CT molecular complexity index is 755. The van der Waals surface area contributed by atoms with Crippen LogP contribution >= 0.6 is 10.7 Å². The van der Waals surface area contributed by atoms with Crippen LogP contribution in [0.4, 0.5) is 0 Å². The van der Waals surface area contributed by atoms with Crippen LogP contribution in [0.5, 0.6) is 0 Å². The number of H-pyrrole nitrogens is 1. The maximum Gasteiger partial charge on any atom is 0.328 e. The molecule has 0 radical (unpaired) electrons. The molecule has 10 heteroatoms. The van der Waals surface area contributed by atoms with Crippen LogP contribution in [0.15, 0.2) is 20.7 Å². The molecule has 0 aliphatic carbocycles. The molecule has 0 aliphatic heterocycles. The minimum atomic E-state index is -4.32. The van der Waals surface area contributed by atoms with E-state index in [2.05, 4.69) is 11.2 Å². The Labute approximate surface area is 111 Å². The molecule has 0 aromatic carbocycles. The zero-order valence-electron chi connectivity index (χ0n) is 9.34. The number of hydrogen-bond donors (Lipinski definition) is 2. The van der Waals surface area contributed by atoms with E-state index in [1.807, 2.05) is 0 Å². The molecular weight excluding hydrogens is 298 g/mol. The van der Waals surface area contributed by atoms with Gasteiger partial charge in [-0.3, -0.25) is 19.1 Å². The van der Waals surface area contributed by atoms with Crippen LogP contribution in [0.25, 0.3) is 0 Å². The number of amides is 1. The first kappa shape index (κ1) is 15.0. The highest BCUT2D eigenvalue weighted by Crippen LogP contribution is 2.07. The van der Waals surface area contributed by atoms with Crippen LogP contribution in [-0.4, -0.2) is 30.4 Å². The Hall–Kier alpha value is -2.05. The summed E-state index contributed by atoms with van der Waals surface area (Å²) in [7, 11) is 0.697. The summed E-state index contributed by atoms with van der Waals surface area (Å²) in [6.07, 6.45) is 5.62. The average Bonchev–Trinajstić information content (AvgIpc) is 2.28. The lowest BCUT2D eigenvalue weighted by atomic mass is 10.5. The summed E-state index contributed by atoms with van der Waals surface area (Å²) in [5.41, 5.74) is -2.09. The van der Waals surface area contributed by atoms with Gasteiger partial charge in [0.2, 0.25) is 5.91 Å². The normalized spacial score (nSPS) is 10.7. The molecule has 0 fully saturated rings. The van der Waals surface area contributed by atoms with Gasteiger partial charge in [0.05, 0.1) is 6.54 Å². The molecule has 0 saturated heterocycles. The molecule has 1 aromatic rings.